The minimum Gasteiger partial charge on any atom is -0.489 e. The molecular weight excluding hydrogens is 437 g/mol. The number of nitrogens with zero attached hydrogens (tertiary/aromatic N) is 1. The maximum atomic E-state index is 13.9. The molecule has 0 fully saturated rings. The van der Waals surface area contributed by atoms with E-state index in [-0.39, 0.29) is 17.2 Å². The highest BCUT2D eigenvalue weighted by atomic mass is 79.9. The van der Waals surface area contributed by atoms with Gasteiger partial charge in [0.15, 0.2) is 5.70 Å². The number of carbonyl (C=O) groups excluding carboxylic acids is 1. The van der Waals surface area contributed by atoms with Crippen LogP contribution < -0.4 is 4.74 Å². The van der Waals surface area contributed by atoms with Crippen LogP contribution in [0.3, 0.4) is 0 Å². The molecule has 0 amide bonds. The highest BCUT2D eigenvalue weighted by Gasteiger charge is 2.25. The molecule has 144 valence electrons. The Kier molecular flexibility index (Phi) is 5.53. The van der Waals surface area contributed by atoms with Gasteiger partial charge < -0.3 is 9.47 Å². The summed E-state index contributed by atoms with van der Waals surface area (Å²) in [6, 6.07) is 21.1. The van der Waals surface area contributed by atoms with Gasteiger partial charge in [-0.3, -0.25) is 0 Å². The molecule has 4 nitrogen and oxygen atoms in total. The van der Waals surface area contributed by atoms with Crippen molar-refractivity contribution < 1.29 is 18.7 Å². The van der Waals surface area contributed by atoms with Gasteiger partial charge in [-0.05, 0) is 42.0 Å². The van der Waals surface area contributed by atoms with E-state index in [9.17, 15) is 9.18 Å². The van der Waals surface area contributed by atoms with E-state index in [0.717, 1.165) is 15.6 Å². The number of carbonyl (C=O) groups is 1. The van der Waals surface area contributed by atoms with E-state index >= 15 is 0 Å². The summed E-state index contributed by atoms with van der Waals surface area (Å²) in [7, 11) is 0. The van der Waals surface area contributed by atoms with Crippen molar-refractivity contribution in [2.45, 2.75) is 6.61 Å². The van der Waals surface area contributed by atoms with Gasteiger partial charge in [-0.15, -0.1) is 0 Å². The van der Waals surface area contributed by atoms with E-state index in [1.165, 1.54) is 12.1 Å². The SMILES string of the molecule is O=C1OC(c2ccccc2F)=N/C1=C\c1cccc(OCc2ccccc2Br)c1. The quantitative estimate of drug-likeness (QED) is 0.379. The Morgan fingerprint density at radius 2 is 1.83 bits per heavy atom. The monoisotopic (exact) mass is 451 g/mol. The Bertz CT molecular complexity index is 1140. The summed E-state index contributed by atoms with van der Waals surface area (Å²) < 4.78 is 25.9. The summed E-state index contributed by atoms with van der Waals surface area (Å²) in [5, 5.41) is 0. The van der Waals surface area contributed by atoms with Gasteiger partial charge >= 0.3 is 5.97 Å². The molecule has 0 bridgehead atoms. The maximum Gasteiger partial charge on any atom is 0.363 e. The number of rotatable bonds is 5. The van der Waals surface area contributed by atoms with Crippen LogP contribution >= 0.6 is 15.9 Å². The van der Waals surface area contributed by atoms with Crippen molar-refractivity contribution in [3.8, 4) is 5.75 Å². The van der Waals surface area contributed by atoms with Gasteiger partial charge in [0.05, 0.1) is 5.56 Å². The number of hydrogen-bond acceptors (Lipinski definition) is 4. The lowest BCUT2D eigenvalue weighted by Gasteiger charge is -2.08. The van der Waals surface area contributed by atoms with E-state index in [4.69, 9.17) is 9.47 Å². The molecule has 3 aromatic rings. The normalized spacial score (nSPS) is 14.6. The molecule has 6 heteroatoms. The Hall–Kier alpha value is -3.25. The number of benzene rings is 3. The van der Waals surface area contributed by atoms with E-state index in [1.54, 1.807) is 24.3 Å². The summed E-state index contributed by atoms with van der Waals surface area (Å²) in [4.78, 5) is 16.3. The lowest BCUT2D eigenvalue weighted by Crippen LogP contribution is -2.07. The van der Waals surface area contributed by atoms with Crippen molar-refractivity contribution in [3.63, 3.8) is 0 Å². The number of aliphatic imine (C=N–C) groups is 1. The first kappa shape index (κ1) is 19.1. The van der Waals surface area contributed by atoms with Crippen molar-refractivity contribution in [2.24, 2.45) is 4.99 Å². The zero-order valence-electron chi connectivity index (χ0n) is 15.1. The third-order valence-electron chi connectivity index (χ3n) is 4.24. The van der Waals surface area contributed by atoms with Gasteiger partial charge in [0.25, 0.3) is 0 Å². The Balaban J connectivity index is 1.54. The molecule has 0 spiro atoms. The molecular formula is C23H15BrFNO3. The second-order valence-electron chi connectivity index (χ2n) is 6.27. The van der Waals surface area contributed by atoms with Crippen molar-refractivity contribution in [1.29, 1.82) is 0 Å². The third-order valence-corrected chi connectivity index (χ3v) is 5.01. The van der Waals surface area contributed by atoms with Gasteiger partial charge in [0.2, 0.25) is 5.90 Å². The minimum atomic E-state index is -0.622. The predicted molar refractivity (Wildman–Crippen MR) is 112 cm³/mol. The molecule has 0 atom stereocenters. The Morgan fingerprint density at radius 1 is 1.03 bits per heavy atom. The van der Waals surface area contributed by atoms with Crippen LogP contribution in [-0.4, -0.2) is 11.9 Å². The van der Waals surface area contributed by atoms with Crippen molar-refractivity contribution >= 4 is 33.9 Å². The van der Waals surface area contributed by atoms with Gasteiger partial charge in [-0.1, -0.05) is 58.4 Å². The molecule has 3 aromatic carbocycles. The molecule has 0 unspecified atom stereocenters. The van der Waals surface area contributed by atoms with Crippen LogP contribution in [0.4, 0.5) is 4.39 Å². The standard InChI is InChI=1S/C23H15BrFNO3/c24-19-10-3-1-7-16(19)14-28-17-8-5-6-15(12-17)13-21-23(27)29-22(26-21)18-9-2-4-11-20(18)25/h1-13H,14H2/b21-13-. The first-order valence-electron chi connectivity index (χ1n) is 8.84. The first-order valence-corrected chi connectivity index (χ1v) is 9.63. The fourth-order valence-corrected chi connectivity index (χ4v) is 3.19. The molecule has 29 heavy (non-hydrogen) atoms. The van der Waals surface area contributed by atoms with Gasteiger partial charge in [-0.25, -0.2) is 14.2 Å². The number of halogens is 2. The Morgan fingerprint density at radius 3 is 2.66 bits per heavy atom. The predicted octanol–water partition coefficient (Wildman–Crippen LogP) is 5.51. The van der Waals surface area contributed by atoms with Crippen LogP contribution in [0.5, 0.6) is 5.75 Å². The fraction of sp³-hybridized carbons (Fsp3) is 0.0435. The van der Waals surface area contributed by atoms with Crippen LogP contribution in [0, 0.1) is 5.82 Å². The van der Waals surface area contributed by atoms with Crippen LogP contribution in [0.1, 0.15) is 16.7 Å². The zero-order valence-corrected chi connectivity index (χ0v) is 16.7. The lowest BCUT2D eigenvalue weighted by molar-refractivity contribution is -0.129. The molecule has 1 aliphatic rings. The second-order valence-corrected chi connectivity index (χ2v) is 7.12. The summed E-state index contributed by atoms with van der Waals surface area (Å²) in [6.45, 7) is 0.402. The van der Waals surface area contributed by atoms with Crippen LogP contribution in [0.2, 0.25) is 0 Å². The molecule has 0 aromatic heterocycles. The molecule has 4 rings (SSSR count). The highest BCUT2D eigenvalue weighted by molar-refractivity contribution is 9.10. The second kappa shape index (κ2) is 8.41. The summed E-state index contributed by atoms with van der Waals surface area (Å²) in [5.74, 6) is -0.508. The topological polar surface area (TPSA) is 47.9 Å². The van der Waals surface area contributed by atoms with Crippen LogP contribution in [-0.2, 0) is 16.1 Å². The number of esters is 1. The summed E-state index contributed by atoms with van der Waals surface area (Å²) >= 11 is 3.50. The molecule has 0 saturated carbocycles. The molecule has 1 heterocycles. The molecule has 0 saturated heterocycles. The van der Waals surface area contributed by atoms with Crippen LogP contribution in [0.25, 0.3) is 6.08 Å². The van der Waals surface area contributed by atoms with E-state index < -0.39 is 11.8 Å². The Labute approximate surface area is 175 Å². The summed E-state index contributed by atoms with van der Waals surface area (Å²) in [6.07, 6.45) is 1.58. The average molecular weight is 452 g/mol. The largest absolute Gasteiger partial charge is 0.489 e. The molecule has 0 N–H and O–H groups in total. The van der Waals surface area contributed by atoms with E-state index in [0.29, 0.717) is 12.4 Å². The highest BCUT2D eigenvalue weighted by Crippen LogP contribution is 2.23. The van der Waals surface area contributed by atoms with Crippen molar-refractivity contribution in [3.05, 3.63) is 105 Å². The molecule has 0 aliphatic carbocycles. The first-order chi connectivity index (χ1) is 14.1. The smallest absolute Gasteiger partial charge is 0.363 e. The van der Waals surface area contributed by atoms with Gasteiger partial charge in [0, 0.05) is 10.0 Å². The zero-order chi connectivity index (χ0) is 20.2. The molecule has 1 aliphatic heterocycles. The average Bonchev–Trinajstić information content (AvgIpc) is 3.08. The lowest BCUT2D eigenvalue weighted by atomic mass is 10.2. The van der Waals surface area contributed by atoms with Crippen LogP contribution in [0.15, 0.2) is 88.0 Å². The maximum absolute atomic E-state index is 13.9. The number of hydrogen-bond donors (Lipinski definition) is 0. The fourth-order valence-electron chi connectivity index (χ4n) is 2.79. The number of ether oxygens (including phenoxy) is 2. The van der Waals surface area contributed by atoms with Crippen molar-refractivity contribution in [1.82, 2.24) is 0 Å². The summed E-state index contributed by atoms with van der Waals surface area (Å²) in [5.41, 5.74) is 2.00. The van der Waals surface area contributed by atoms with Gasteiger partial charge in [-0.2, -0.15) is 0 Å². The van der Waals surface area contributed by atoms with Gasteiger partial charge in [0.1, 0.15) is 18.2 Å². The van der Waals surface area contributed by atoms with E-state index in [1.807, 2.05) is 42.5 Å². The van der Waals surface area contributed by atoms with E-state index in [2.05, 4.69) is 20.9 Å². The number of cyclic esters (lactones) is 1. The third kappa shape index (κ3) is 4.43. The van der Waals surface area contributed by atoms with Crippen molar-refractivity contribution in [2.75, 3.05) is 0 Å². The molecule has 0 radical (unpaired) electrons. The minimum absolute atomic E-state index is 0.0410.